The van der Waals surface area contributed by atoms with Gasteiger partial charge in [0.25, 0.3) is 5.56 Å². The van der Waals surface area contributed by atoms with Crippen molar-refractivity contribution in [3.8, 4) is 5.69 Å². The van der Waals surface area contributed by atoms with Gasteiger partial charge in [-0.3, -0.25) is 9.89 Å². The van der Waals surface area contributed by atoms with Crippen molar-refractivity contribution in [1.82, 2.24) is 9.78 Å². The maximum atomic E-state index is 12.8. The summed E-state index contributed by atoms with van der Waals surface area (Å²) >= 11 is 0. The summed E-state index contributed by atoms with van der Waals surface area (Å²) < 4.78 is 14.2. The van der Waals surface area contributed by atoms with Crippen molar-refractivity contribution in [2.24, 2.45) is 5.73 Å². The predicted molar refractivity (Wildman–Crippen MR) is 63.7 cm³/mol. The van der Waals surface area contributed by atoms with Crippen molar-refractivity contribution in [1.29, 1.82) is 0 Å². The molecule has 1 aromatic carbocycles. The number of aromatic amines is 1. The number of rotatable bonds is 4. The van der Waals surface area contributed by atoms with Gasteiger partial charge in [-0.15, -0.1) is 0 Å². The lowest BCUT2D eigenvalue weighted by molar-refractivity contribution is 0.627. The maximum absolute atomic E-state index is 12.8. The molecule has 0 aliphatic rings. The Morgan fingerprint density at radius 3 is 2.65 bits per heavy atom. The van der Waals surface area contributed by atoms with Crippen LogP contribution in [0.15, 0.2) is 35.3 Å². The van der Waals surface area contributed by atoms with E-state index >= 15 is 0 Å². The number of benzene rings is 1. The van der Waals surface area contributed by atoms with E-state index in [1.54, 1.807) is 18.3 Å². The molecule has 0 aliphatic carbocycles. The molecule has 0 aliphatic heterocycles. The van der Waals surface area contributed by atoms with Crippen LogP contribution in [0.4, 0.5) is 4.39 Å². The Balaban J connectivity index is 2.31. The van der Waals surface area contributed by atoms with Gasteiger partial charge in [0.15, 0.2) is 0 Å². The molecule has 0 radical (unpaired) electrons. The minimum Gasteiger partial charge on any atom is -0.330 e. The summed E-state index contributed by atoms with van der Waals surface area (Å²) in [6, 6.07) is 5.75. The minimum atomic E-state index is -0.322. The molecule has 90 valence electrons. The molecule has 1 aromatic heterocycles. The second kappa shape index (κ2) is 4.97. The number of halogens is 1. The van der Waals surface area contributed by atoms with Gasteiger partial charge in [-0.05, 0) is 43.7 Å². The Bertz CT molecular complexity index is 542. The molecule has 2 rings (SSSR count). The van der Waals surface area contributed by atoms with Gasteiger partial charge in [0.2, 0.25) is 0 Å². The Labute approximate surface area is 97.9 Å². The second-order valence-corrected chi connectivity index (χ2v) is 3.81. The van der Waals surface area contributed by atoms with Crippen LogP contribution in [0.3, 0.4) is 0 Å². The van der Waals surface area contributed by atoms with E-state index in [9.17, 15) is 9.18 Å². The third-order valence-electron chi connectivity index (χ3n) is 2.58. The number of nitrogens with one attached hydrogen (secondary N) is 1. The Kier molecular flexibility index (Phi) is 3.39. The monoisotopic (exact) mass is 235 g/mol. The molecule has 1 heterocycles. The van der Waals surface area contributed by atoms with Crippen molar-refractivity contribution >= 4 is 0 Å². The molecule has 0 spiro atoms. The molecule has 0 saturated heterocycles. The first-order valence-electron chi connectivity index (χ1n) is 5.47. The zero-order chi connectivity index (χ0) is 12.3. The zero-order valence-corrected chi connectivity index (χ0v) is 9.32. The second-order valence-electron chi connectivity index (χ2n) is 3.81. The number of nitrogens with zero attached hydrogens (tertiary/aromatic N) is 1. The number of aromatic nitrogens is 2. The summed E-state index contributed by atoms with van der Waals surface area (Å²) in [6.45, 7) is 0.557. The highest BCUT2D eigenvalue weighted by Gasteiger charge is 2.07. The molecule has 0 fully saturated rings. The lowest BCUT2D eigenvalue weighted by atomic mass is 10.2. The number of nitrogens with two attached hydrogens (primary N) is 1. The fourth-order valence-corrected chi connectivity index (χ4v) is 1.66. The standard InChI is InChI=1S/C12H14FN3O/c13-10-3-5-11(6-4-10)16-12(17)9(8-15-16)2-1-7-14/h3-6,8,15H,1-2,7,14H2. The van der Waals surface area contributed by atoms with Crippen LogP contribution in [0.25, 0.3) is 5.69 Å². The van der Waals surface area contributed by atoms with Crippen molar-refractivity contribution in [2.45, 2.75) is 12.8 Å². The fraction of sp³-hybridized carbons (Fsp3) is 0.250. The van der Waals surface area contributed by atoms with Gasteiger partial charge in [0, 0.05) is 11.8 Å². The molecule has 0 amide bonds. The van der Waals surface area contributed by atoms with E-state index in [1.807, 2.05) is 0 Å². The molecule has 4 nitrogen and oxygen atoms in total. The topological polar surface area (TPSA) is 63.8 Å². The molecule has 5 heteroatoms. The predicted octanol–water partition coefficient (Wildman–Crippen LogP) is 1.20. The Hall–Kier alpha value is -1.88. The van der Waals surface area contributed by atoms with Gasteiger partial charge in [-0.1, -0.05) is 0 Å². The maximum Gasteiger partial charge on any atom is 0.274 e. The highest BCUT2D eigenvalue weighted by Crippen LogP contribution is 2.06. The molecule has 0 atom stereocenters. The SMILES string of the molecule is NCCCc1c[nH]n(-c2ccc(F)cc2)c1=O. The largest absolute Gasteiger partial charge is 0.330 e. The molecule has 2 aromatic rings. The number of aryl methyl sites for hydroxylation is 1. The first-order chi connectivity index (χ1) is 8.22. The van der Waals surface area contributed by atoms with Gasteiger partial charge in [0.1, 0.15) is 5.82 Å². The highest BCUT2D eigenvalue weighted by molar-refractivity contribution is 5.31. The van der Waals surface area contributed by atoms with Crippen LogP contribution in [0, 0.1) is 5.82 Å². The number of hydrogen-bond acceptors (Lipinski definition) is 2. The van der Waals surface area contributed by atoms with Crippen LogP contribution in [0.1, 0.15) is 12.0 Å². The van der Waals surface area contributed by atoms with Crippen LogP contribution in [-0.4, -0.2) is 16.3 Å². The average molecular weight is 235 g/mol. The molecular weight excluding hydrogens is 221 g/mol. The number of hydrogen-bond donors (Lipinski definition) is 2. The Morgan fingerprint density at radius 1 is 1.29 bits per heavy atom. The van der Waals surface area contributed by atoms with Crippen LogP contribution in [0.5, 0.6) is 0 Å². The molecule has 0 saturated carbocycles. The lowest BCUT2D eigenvalue weighted by Gasteiger charge is -2.00. The highest BCUT2D eigenvalue weighted by atomic mass is 19.1. The smallest absolute Gasteiger partial charge is 0.274 e. The fourth-order valence-electron chi connectivity index (χ4n) is 1.66. The van der Waals surface area contributed by atoms with Gasteiger partial charge in [-0.25, -0.2) is 9.07 Å². The normalized spacial score (nSPS) is 10.7. The molecule has 0 bridgehead atoms. The van der Waals surface area contributed by atoms with E-state index < -0.39 is 0 Å². The van der Waals surface area contributed by atoms with Gasteiger partial charge in [0.05, 0.1) is 5.69 Å². The lowest BCUT2D eigenvalue weighted by Crippen LogP contribution is -2.17. The van der Waals surface area contributed by atoms with Gasteiger partial charge >= 0.3 is 0 Å². The van der Waals surface area contributed by atoms with Crippen LogP contribution in [0.2, 0.25) is 0 Å². The molecular formula is C12H14FN3O. The van der Waals surface area contributed by atoms with Crippen molar-refractivity contribution in [2.75, 3.05) is 6.54 Å². The summed E-state index contributed by atoms with van der Waals surface area (Å²) in [5.74, 6) is -0.322. The van der Waals surface area contributed by atoms with Crippen molar-refractivity contribution in [3.05, 3.63) is 52.2 Å². The quantitative estimate of drug-likeness (QED) is 0.836. The van der Waals surface area contributed by atoms with Crippen LogP contribution in [-0.2, 0) is 6.42 Å². The van der Waals surface area contributed by atoms with Gasteiger partial charge < -0.3 is 5.73 Å². The zero-order valence-electron chi connectivity index (χ0n) is 9.32. The van der Waals surface area contributed by atoms with E-state index in [0.717, 1.165) is 6.42 Å². The summed E-state index contributed by atoms with van der Waals surface area (Å²) in [7, 11) is 0. The molecule has 3 N–H and O–H groups in total. The molecule has 17 heavy (non-hydrogen) atoms. The van der Waals surface area contributed by atoms with E-state index in [0.29, 0.717) is 24.2 Å². The third-order valence-corrected chi connectivity index (χ3v) is 2.58. The van der Waals surface area contributed by atoms with E-state index in [-0.39, 0.29) is 11.4 Å². The summed E-state index contributed by atoms with van der Waals surface area (Å²) in [5, 5.41) is 2.86. The van der Waals surface area contributed by atoms with Crippen molar-refractivity contribution < 1.29 is 4.39 Å². The van der Waals surface area contributed by atoms with Crippen molar-refractivity contribution in [3.63, 3.8) is 0 Å². The minimum absolute atomic E-state index is 0.106. The summed E-state index contributed by atoms with van der Waals surface area (Å²) in [6.07, 6.45) is 3.10. The average Bonchev–Trinajstić information content (AvgIpc) is 2.69. The van der Waals surface area contributed by atoms with Gasteiger partial charge in [-0.2, -0.15) is 0 Å². The summed E-state index contributed by atoms with van der Waals surface area (Å²) in [5.41, 5.74) is 6.61. The molecule has 0 unspecified atom stereocenters. The van der Waals surface area contributed by atoms with Crippen LogP contribution < -0.4 is 11.3 Å². The van der Waals surface area contributed by atoms with E-state index in [4.69, 9.17) is 5.73 Å². The number of H-pyrrole nitrogens is 1. The van der Waals surface area contributed by atoms with E-state index in [1.165, 1.54) is 16.8 Å². The Morgan fingerprint density at radius 2 is 2.00 bits per heavy atom. The third kappa shape index (κ3) is 2.45. The van der Waals surface area contributed by atoms with Crippen LogP contribution >= 0.6 is 0 Å². The first kappa shape index (κ1) is 11.6. The first-order valence-corrected chi connectivity index (χ1v) is 5.47. The summed E-state index contributed by atoms with van der Waals surface area (Å²) in [4.78, 5) is 12.0. The van der Waals surface area contributed by atoms with E-state index in [2.05, 4.69) is 5.10 Å².